The summed E-state index contributed by atoms with van der Waals surface area (Å²) in [5.41, 5.74) is 5.49. The molecule has 0 heterocycles. The number of amides is 2. The fourth-order valence-electron chi connectivity index (χ4n) is 2.58. The molecule has 29 heavy (non-hydrogen) atoms. The van der Waals surface area contributed by atoms with Crippen molar-refractivity contribution in [2.24, 2.45) is 5.10 Å². The van der Waals surface area contributed by atoms with Crippen LogP contribution in [0.5, 0.6) is 0 Å². The molecule has 2 amide bonds. The maximum absolute atomic E-state index is 12.4. The number of nitrogens with one attached hydrogen (secondary N) is 2. The van der Waals surface area contributed by atoms with Crippen LogP contribution in [0.4, 0.5) is 5.69 Å². The van der Waals surface area contributed by atoms with E-state index < -0.39 is 5.91 Å². The number of hydrogen-bond acceptors (Lipinski definition) is 3. The van der Waals surface area contributed by atoms with Crippen molar-refractivity contribution in [3.63, 3.8) is 0 Å². The van der Waals surface area contributed by atoms with Crippen LogP contribution in [0.15, 0.2) is 71.8 Å². The molecule has 146 valence electrons. The van der Waals surface area contributed by atoms with Gasteiger partial charge >= 0.3 is 0 Å². The lowest BCUT2D eigenvalue weighted by Gasteiger charge is -2.08. The Morgan fingerprint density at radius 3 is 2.34 bits per heavy atom. The van der Waals surface area contributed by atoms with Crippen LogP contribution in [0.3, 0.4) is 0 Å². The highest BCUT2D eigenvalue weighted by Gasteiger charge is 2.10. The molecule has 0 saturated carbocycles. The molecule has 0 radical (unpaired) electrons. The number of hydrogen-bond donors (Lipinski definition) is 2. The molecular weight excluding hydrogens is 409 g/mol. The Morgan fingerprint density at radius 1 is 0.897 bits per heavy atom. The average Bonchev–Trinajstić information content (AvgIpc) is 2.72. The lowest BCUT2D eigenvalue weighted by atomic mass is 10.1. The fourth-order valence-corrected chi connectivity index (χ4v) is 2.93. The summed E-state index contributed by atoms with van der Waals surface area (Å²) in [6.07, 6.45) is 1.42. The van der Waals surface area contributed by atoms with Gasteiger partial charge < -0.3 is 5.32 Å². The van der Waals surface area contributed by atoms with E-state index in [1.807, 2.05) is 25.1 Å². The predicted octanol–water partition coefficient (Wildman–Crippen LogP) is 5.32. The van der Waals surface area contributed by atoms with E-state index in [4.69, 9.17) is 23.2 Å². The van der Waals surface area contributed by atoms with Crippen molar-refractivity contribution < 1.29 is 9.59 Å². The molecule has 3 aromatic rings. The van der Waals surface area contributed by atoms with Crippen molar-refractivity contribution in [2.75, 3.05) is 5.32 Å². The minimum Gasteiger partial charge on any atom is -0.322 e. The summed E-state index contributed by atoms with van der Waals surface area (Å²) >= 11 is 12.0. The number of nitrogens with zero attached hydrogens (tertiary/aromatic N) is 1. The Hall–Kier alpha value is -3.15. The Kier molecular flexibility index (Phi) is 6.65. The topological polar surface area (TPSA) is 70.6 Å². The van der Waals surface area contributed by atoms with Crippen molar-refractivity contribution in [1.29, 1.82) is 0 Å². The molecule has 2 N–H and O–H groups in total. The van der Waals surface area contributed by atoms with Gasteiger partial charge in [0.25, 0.3) is 11.8 Å². The average molecular weight is 426 g/mol. The zero-order valence-corrected chi connectivity index (χ0v) is 17.0. The maximum Gasteiger partial charge on any atom is 0.271 e. The highest BCUT2D eigenvalue weighted by molar-refractivity contribution is 6.43. The molecule has 5 nitrogen and oxygen atoms in total. The SMILES string of the molecule is Cc1ccccc1C(=O)Nc1ccc(C(=O)NN=Cc2cccc(Cl)c2Cl)cc1. The Bertz CT molecular complexity index is 1080. The van der Waals surface area contributed by atoms with Gasteiger partial charge in [-0.15, -0.1) is 0 Å². The van der Waals surface area contributed by atoms with Crippen LogP contribution >= 0.6 is 23.2 Å². The number of carbonyl (C=O) groups excluding carboxylic acids is 2. The van der Waals surface area contributed by atoms with E-state index in [2.05, 4.69) is 15.8 Å². The number of aryl methyl sites for hydroxylation is 1. The second kappa shape index (κ2) is 9.37. The van der Waals surface area contributed by atoms with Gasteiger partial charge in [0.15, 0.2) is 0 Å². The summed E-state index contributed by atoms with van der Waals surface area (Å²) in [6, 6.07) is 19.0. The quantitative estimate of drug-likeness (QED) is 0.428. The van der Waals surface area contributed by atoms with Gasteiger partial charge in [-0.25, -0.2) is 5.43 Å². The lowest BCUT2D eigenvalue weighted by molar-refractivity contribution is 0.0954. The molecule has 0 aliphatic heterocycles. The van der Waals surface area contributed by atoms with E-state index in [0.29, 0.717) is 32.4 Å². The minimum atomic E-state index is -0.392. The molecule has 0 unspecified atom stereocenters. The molecule has 7 heteroatoms. The highest BCUT2D eigenvalue weighted by Crippen LogP contribution is 2.24. The van der Waals surface area contributed by atoms with Crippen LogP contribution in [0.2, 0.25) is 10.0 Å². The molecule has 0 aliphatic carbocycles. The Morgan fingerprint density at radius 2 is 1.62 bits per heavy atom. The monoisotopic (exact) mass is 425 g/mol. The third-order valence-corrected chi connectivity index (χ3v) is 4.98. The Labute approximate surface area is 178 Å². The number of rotatable bonds is 5. The van der Waals surface area contributed by atoms with Crippen LogP contribution in [0.1, 0.15) is 31.8 Å². The molecule has 0 aliphatic rings. The smallest absolute Gasteiger partial charge is 0.271 e. The number of hydrazone groups is 1. The fraction of sp³-hybridized carbons (Fsp3) is 0.0455. The molecular formula is C22H17Cl2N3O2. The molecule has 3 aromatic carbocycles. The van der Waals surface area contributed by atoms with Gasteiger partial charge in [0.2, 0.25) is 0 Å². The van der Waals surface area contributed by atoms with Crippen LogP contribution < -0.4 is 10.7 Å². The second-order valence-electron chi connectivity index (χ2n) is 6.19. The van der Waals surface area contributed by atoms with E-state index in [0.717, 1.165) is 5.56 Å². The highest BCUT2D eigenvalue weighted by atomic mass is 35.5. The van der Waals surface area contributed by atoms with Crippen LogP contribution in [-0.4, -0.2) is 18.0 Å². The first-order valence-electron chi connectivity index (χ1n) is 8.70. The van der Waals surface area contributed by atoms with Gasteiger partial charge in [-0.05, 0) is 48.9 Å². The van der Waals surface area contributed by atoms with E-state index in [9.17, 15) is 9.59 Å². The van der Waals surface area contributed by atoms with Gasteiger partial charge in [0, 0.05) is 22.4 Å². The van der Waals surface area contributed by atoms with E-state index in [1.165, 1.54) is 6.21 Å². The summed E-state index contributed by atoms with van der Waals surface area (Å²) in [4.78, 5) is 24.6. The van der Waals surface area contributed by atoms with E-state index >= 15 is 0 Å². The maximum atomic E-state index is 12.4. The third kappa shape index (κ3) is 5.22. The van der Waals surface area contributed by atoms with Crippen LogP contribution in [-0.2, 0) is 0 Å². The van der Waals surface area contributed by atoms with Crippen molar-refractivity contribution in [1.82, 2.24) is 5.43 Å². The second-order valence-corrected chi connectivity index (χ2v) is 6.97. The molecule has 0 fully saturated rings. The zero-order chi connectivity index (χ0) is 20.8. The molecule has 0 bridgehead atoms. The van der Waals surface area contributed by atoms with Crippen LogP contribution in [0.25, 0.3) is 0 Å². The number of anilines is 1. The molecule has 0 saturated heterocycles. The number of carbonyl (C=O) groups is 2. The van der Waals surface area contributed by atoms with Gasteiger partial charge in [-0.3, -0.25) is 9.59 Å². The number of halogens is 2. The molecule has 3 rings (SSSR count). The summed E-state index contributed by atoms with van der Waals surface area (Å²) < 4.78 is 0. The summed E-state index contributed by atoms with van der Waals surface area (Å²) in [7, 11) is 0. The van der Waals surface area contributed by atoms with Gasteiger partial charge in [0.1, 0.15) is 0 Å². The first-order chi connectivity index (χ1) is 14.0. The largest absolute Gasteiger partial charge is 0.322 e. The normalized spacial score (nSPS) is 10.7. The molecule has 0 spiro atoms. The van der Waals surface area contributed by atoms with Gasteiger partial charge in [-0.1, -0.05) is 53.5 Å². The van der Waals surface area contributed by atoms with Crippen molar-refractivity contribution in [2.45, 2.75) is 6.92 Å². The van der Waals surface area contributed by atoms with E-state index in [-0.39, 0.29) is 5.91 Å². The molecule has 0 atom stereocenters. The zero-order valence-electron chi connectivity index (χ0n) is 15.4. The summed E-state index contributed by atoms with van der Waals surface area (Å²) in [5.74, 6) is -0.598. The van der Waals surface area contributed by atoms with Gasteiger partial charge in [-0.2, -0.15) is 5.10 Å². The van der Waals surface area contributed by atoms with Crippen molar-refractivity contribution in [3.8, 4) is 0 Å². The molecule has 0 aromatic heterocycles. The van der Waals surface area contributed by atoms with Crippen LogP contribution in [0, 0.1) is 6.92 Å². The summed E-state index contributed by atoms with van der Waals surface area (Å²) in [5, 5.41) is 7.49. The standard InChI is InChI=1S/C22H17Cl2N3O2/c1-14-5-2-3-7-18(14)22(29)26-17-11-9-15(10-12-17)21(28)27-25-13-16-6-4-8-19(23)20(16)24/h2-13H,1H3,(H,26,29)(H,27,28). The third-order valence-electron chi connectivity index (χ3n) is 4.15. The lowest BCUT2D eigenvalue weighted by Crippen LogP contribution is -2.18. The van der Waals surface area contributed by atoms with Crippen molar-refractivity contribution in [3.05, 3.63) is 99.0 Å². The first kappa shape index (κ1) is 20.6. The predicted molar refractivity (Wildman–Crippen MR) is 117 cm³/mol. The first-order valence-corrected chi connectivity index (χ1v) is 9.46. The van der Waals surface area contributed by atoms with E-state index in [1.54, 1.807) is 48.5 Å². The minimum absolute atomic E-state index is 0.205. The van der Waals surface area contributed by atoms with Gasteiger partial charge in [0.05, 0.1) is 16.3 Å². The van der Waals surface area contributed by atoms with Crippen molar-refractivity contribution >= 4 is 46.9 Å². The summed E-state index contributed by atoms with van der Waals surface area (Å²) in [6.45, 7) is 1.87. The Balaban J connectivity index is 1.61. The number of benzene rings is 3.